The molecular formula is C14H21NOS. The molecule has 0 spiro atoms. The first-order valence-electron chi connectivity index (χ1n) is 5.83. The van der Waals surface area contributed by atoms with E-state index in [1.807, 2.05) is 27.7 Å². The predicted molar refractivity (Wildman–Crippen MR) is 74.4 cm³/mol. The summed E-state index contributed by atoms with van der Waals surface area (Å²) in [5, 5.41) is 2.92. The molecule has 0 aliphatic heterocycles. The predicted octanol–water partition coefficient (Wildman–Crippen LogP) is 3.39. The van der Waals surface area contributed by atoms with Gasteiger partial charge in [0.25, 0.3) is 0 Å². The maximum Gasteiger partial charge on any atom is 0.233 e. The van der Waals surface area contributed by atoms with Gasteiger partial charge in [0.15, 0.2) is 0 Å². The van der Waals surface area contributed by atoms with Crippen LogP contribution in [0.1, 0.15) is 33.3 Å². The lowest BCUT2D eigenvalue weighted by Crippen LogP contribution is -2.44. The zero-order chi connectivity index (χ0) is 13.1. The first-order valence-corrected chi connectivity index (χ1v) is 6.71. The average Bonchev–Trinajstić information content (AvgIpc) is 2.19. The molecule has 1 N–H and O–H groups in total. The molecule has 1 rings (SSSR count). The Hall–Kier alpha value is -0.960. The summed E-state index contributed by atoms with van der Waals surface area (Å²) in [6.07, 6.45) is 0. The molecule has 1 amide bonds. The van der Waals surface area contributed by atoms with Gasteiger partial charge < -0.3 is 5.32 Å². The van der Waals surface area contributed by atoms with Crippen LogP contribution in [0.3, 0.4) is 0 Å². The van der Waals surface area contributed by atoms with Crippen LogP contribution in [0.25, 0.3) is 0 Å². The Balaban J connectivity index is 2.57. The molecule has 0 radical (unpaired) electrons. The molecule has 0 saturated heterocycles. The smallest absolute Gasteiger partial charge is 0.233 e. The van der Waals surface area contributed by atoms with Crippen molar-refractivity contribution in [2.24, 2.45) is 0 Å². The molecule has 1 atom stereocenters. The number of carbonyl (C=O) groups excluding carboxylic acids is 1. The lowest BCUT2D eigenvalue weighted by molar-refractivity contribution is -0.121. The summed E-state index contributed by atoms with van der Waals surface area (Å²) in [7, 11) is 0. The first kappa shape index (κ1) is 14.1. The molecule has 0 saturated carbocycles. The number of aryl methyl sites for hydroxylation is 1. The van der Waals surface area contributed by atoms with Crippen LogP contribution in [-0.4, -0.2) is 16.7 Å². The van der Waals surface area contributed by atoms with Gasteiger partial charge in [0.2, 0.25) is 5.91 Å². The fraction of sp³-hybridized carbons (Fsp3) is 0.500. The van der Waals surface area contributed by atoms with Crippen molar-refractivity contribution in [1.29, 1.82) is 0 Å². The summed E-state index contributed by atoms with van der Waals surface area (Å²) < 4.78 is 0. The number of nitrogens with one attached hydrogen (secondary N) is 1. The Bertz CT molecular complexity index is 378. The molecule has 1 aromatic carbocycles. The third-order valence-corrected chi connectivity index (χ3v) is 3.31. The van der Waals surface area contributed by atoms with Gasteiger partial charge in [0.05, 0.1) is 5.25 Å². The lowest BCUT2D eigenvalue weighted by Gasteiger charge is -2.23. The standard InChI is InChI=1S/C14H21NOS/c1-10-6-8-12(9-7-10)17-11(2)13(16)15-14(3,4)5/h6-9,11H,1-5H3,(H,15,16)/t11-/m0/s1. The molecule has 3 heteroatoms. The van der Waals surface area contributed by atoms with Crippen LogP contribution < -0.4 is 5.32 Å². The normalized spacial score (nSPS) is 13.2. The van der Waals surface area contributed by atoms with Crippen molar-refractivity contribution in [2.45, 2.75) is 50.3 Å². The van der Waals surface area contributed by atoms with E-state index in [-0.39, 0.29) is 16.7 Å². The van der Waals surface area contributed by atoms with E-state index in [4.69, 9.17) is 0 Å². The summed E-state index contributed by atoms with van der Waals surface area (Å²) in [6, 6.07) is 8.25. The van der Waals surface area contributed by atoms with Gasteiger partial charge in [-0.1, -0.05) is 17.7 Å². The second-order valence-corrected chi connectivity index (χ2v) is 6.73. The lowest BCUT2D eigenvalue weighted by atomic mass is 10.1. The summed E-state index contributed by atoms with van der Waals surface area (Å²) in [6.45, 7) is 9.98. The van der Waals surface area contributed by atoms with Gasteiger partial charge in [0, 0.05) is 10.4 Å². The van der Waals surface area contributed by atoms with Gasteiger partial charge in [-0.2, -0.15) is 0 Å². The quantitative estimate of drug-likeness (QED) is 0.834. The molecule has 0 bridgehead atoms. The summed E-state index contributed by atoms with van der Waals surface area (Å²) in [5.41, 5.74) is 1.07. The molecule has 0 heterocycles. The zero-order valence-electron chi connectivity index (χ0n) is 11.2. The maximum absolute atomic E-state index is 11.9. The Morgan fingerprint density at radius 1 is 1.24 bits per heavy atom. The molecular weight excluding hydrogens is 230 g/mol. The van der Waals surface area contributed by atoms with Crippen LogP contribution in [0, 0.1) is 6.92 Å². The van der Waals surface area contributed by atoms with Crippen molar-refractivity contribution in [3.8, 4) is 0 Å². The van der Waals surface area contributed by atoms with Gasteiger partial charge in [0.1, 0.15) is 0 Å². The zero-order valence-corrected chi connectivity index (χ0v) is 12.0. The number of hydrogen-bond donors (Lipinski definition) is 1. The topological polar surface area (TPSA) is 29.1 Å². The molecule has 0 aliphatic carbocycles. The van der Waals surface area contributed by atoms with Crippen molar-refractivity contribution >= 4 is 17.7 Å². The van der Waals surface area contributed by atoms with E-state index in [0.717, 1.165) is 4.90 Å². The minimum Gasteiger partial charge on any atom is -0.351 e. The highest BCUT2D eigenvalue weighted by atomic mass is 32.2. The van der Waals surface area contributed by atoms with Crippen molar-refractivity contribution in [2.75, 3.05) is 0 Å². The highest BCUT2D eigenvalue weighted by Crippen LogP contribution is 2.23. The fourth-order valence-corrected chi connectivity index (χ4v) is 2.21. The molecule has 0 unspecified atom stereocenters. The van der Waals surface area contributed by atoms with Crippen LogP contribution in [0.15, 0.2) is 29.2 Å². The minimum absolute atomic E-state index is 0.0723. The third kappa shape index (κ3) is 5.26. The number of benzene rings is 1. The first-order chi connectivity index (χ1) is 7.78. The van der Waals surface area contributed by atoms with Crippen molar-refractivity contribution in [3.63, 3.8) is 0 Å². The third-order valence-electron chi connectivity index (χ3n) is 2.20. The van der Waals surface area contributed by atoms with E-state index in [1.165, 1.54) is 5.56 Å². The summed E-state index contributed by atoms with van der Waals surface area (Å²) in [4.78, 5) is 13.0. The highest BCUT2D eigenvalue weighted by molar-refractivity contribution is 8.00. The van der Waals surface area contributed by atoms with Crippen LogP contribution in [-0.2, 0) is 4.79 Å². The van der Waals surface area contributed by atoms with Crippen LogP contribution >= 0.6 is 11.8 Å². The van der Waals surface area contributed by atoms with E-state index >= 15 is 0 Å². The number of rotatable bonds is 3. The van der Waals surface area contributed by atoms with E-state index in [1.54, 1.807) is 11.8 Å². The van der Waals surface area contributed by atoms with E-state index < -0.39 is 0 Å². The van der Waals surface area contributed by atoms with Gasteiger partial charge in [-0.3, -0.25) is 4.79 Å². The molecule has 2 nitrogen and oxygen atoms in total. The maximum atomic E-state index is 11.9. The highest BCUT2D eigenvalue weighted by Gasteiger charge is 2.19. The van der Waals surface area contributed by atoms with E-state index in [2.05, 4.69) is 36.5 Å². The molecule has 0 aromatic heterocycles. The van der Waals surface area contributed by atoms with Crippen LogP contribution in [0.5, 0.6) is 0 Å². The van der Waals surface area contributed by atoms with Gasteiger partial charge >= 0.3 is 0 Å². The van der Waals surface area contributed by atoms with Gasteiger partial charge in [-0.25, -0.2) is 0 Å². The Kier molecular flexibility index (Phi) is 4.63. The van der Waals surface area contributed by atoms with E-state index in [9.17, 15) is 4.79 Å². The molecule has 17 heavy (non-hydrogen) atoms. The van der Waals surface area contributed by atoms with Crippen LogP contribution in [0.4, 0.5) is 0 Å². The molecule has 94 valence electrons. The molecule has 0 fully saturated rings. The SMILES string of the molecule is Cc1ccc(S[C@@H](C)C(=O)NC(C)(C)C)cc1. The van der Waals surface area contributed by atoms with Crippen molar-refractivity contribution in [1.82, 2.24) is 5.32 Å². The number of hydrogen-bond acceptors (Lipinski definition) is 2. The van der Waals surface area contributed by atoms with Crippen molar-refractivity contribution < 1.29 is 4.79 Å². The average molecular weight is 251 g/mol. The Labute approximate surface area is 108 Å². The summed E-state index contributed by atoms with van der Waals surface area (Å²) >= 11 is 1.59. The molecule has 1 aromatic rings. The van der Waals surface area contributed by atoms with Crippen LogP contribution in [0.2, 0.25) is 0 Å². The van der Waals surface area contributed by atoms with Gasteiger partial charge in [-0.05, 0) is 46.8 Å². The monoisotopic (exact) mass is 251 g/mol. The minimum atomic E-state index is -0.167. The number of thioether (sulfide) groups is 1. The molecule has 0 aliphatic rings. The van der Waals surface area contributed by atoms with Gasteiger partial charge in [-0.15, -0.1) is 11.8 Å². The van der Waals surface area contributed by atoms with E-state index in [0.29, 0.717) is 0 Å². The second-order valence-electron chi connectivity index (χ2n) is 5.31. The second kappa shape index (κ2) is 5.58. The number of carbonyl (C=O) groups is 1. The fourth-order valence-electron chi connectivity index (χ4n) is 1.35. The largest absolute Gasteiger partial charge is 0.351 e. The van der Waals surface area contributed by atoms with Crippen molar-refractivity contribution in [3.05, 3.63) is 29.8 Å². The Morgan fingerprint density at radius 2 is 1.76 bits per heavy atom. The number of amides is 1. The Morgan fingerprint density at radius 3 is 2.24 bits per heavy atom. The summed E-state index contributed by atoms with van der Waals surface area (Å²) in [5.74, 6) is 0.0862.